The Morgan fingerprint density at radius 3 is 2.68 bits per heavy atom. The van der Waals surface area contributed by atoms with Crippen LogP contribution in [-0.2, 0) is 22.7 Å². The topological polar surface area (TPSA) is 32.8 Å². The molecular formula is C21H30N2O2. The van der Waals surface area contributed by atoms with Gasteiger partial charge < -0.3 is 14.5 Å². The fourth-order valence-electron chi connectivity index (χ4n) is 3.59. The quantitative estimate of drug-likeness (QED) is 0.527. The van der Waals surface area contributed by atoms with Crippen LogP contribution >= 0.6 is 0 Å². The minimum Gasteiger partial charge on any atom is -0.461 e. The zero-order valence-corrected chi connectivity index (χ0v) is 15.4. The van der Waals surface area contributed by atoms with Gasteiger partial charge in [0.05, 0.1) is 0 Å². The van der Waals surface area contributed by atoms with Crippen molar-refractivity contribution < 1.29 is 9.53 Å². The lowest BCUT2D eigenvalue weighted by Crippen LogP contribution is -2.39. The Labute approximate surface area is 151 Å². The summed E-state index contributed by atoms with van der Waals surface area (Å²) in [5.74, 6) is 1.33. The predicted molar refractivity (Wildman–Crippen MR) is 99.7 cm³/mol. The van der Waals surface area contributed by atoms with Crippen LogP contribution in [0.4, 0.5) is 0 Å². The van der Waals surface area contributed by atoms with Gasteiger partial charge in [-0.2, -0.15) is 0 Å². The molecular weight excluding hydrogens is 312 g/mol. The molecule has 2 aliphatic heterocycles. The molecule has 0 radical (unpaired) electrons. The molecule has 2 heterocycles. The van der Waals surface area contributed by atoms with Crippen molar-refractivity contribution in [1.82, 2.24) is 9.80 Å². The molecule has 0 aliphatic carbocycles. The molecule has 1 fully saturated rings. The van der Waals surface area contributed by atoms with E-state index in [1.54, 1.807) is 0 Å². The molecule has 4 nitrogen and oxygen atoms in total. The van der Waals surface area contributed by atoms with Gasteiger partial charge >= 0.3 is 5.97 Å². The van der Waals surface area contributed by atoms with E-state index in [0.717, 1.165) is 37.9 Å². The number of carbonyl (C=O) groups excluding carboxylic acids is 1. The molecule has 4 heteroatoms. The molecule has 3 rings (SSSR count). The third kappa shape index (κ3) is 5.00. The molecule has 2 aliphatic rings. The van der Waals surface area contributed by atoms with Crippen molar-refractivity contribution in [3.8, 4) is 0 Å². The molecule has 136 valence electrons. The van der Waals surface area contributed by atoms with Gasteiger partial charge in [0.25, 0.3) is 0 Å². The van der Waals surface area contributed by atoms with Crippen LogP contribution in [0.5, 0.6) is 0 Å². The molecule has 0 atom stereocenters. The molecule has 0 saturated carbocycles. The third-order valence-corrected chi connectivity index (χ3v) is 5.01. The van der Waals surface area contributed by atoms with Gasteiger partial charge in [-0.25, -0.2) is 0 Å². The monoisotopic (exact) mass is 342 g/mol. The maximum absolute atomic E-state index is 11.7. The van der Waals surface area contributed by atoms with Crippen molar-refractivity contribution in [3.63, 3.8) is 0 Å². The Bertz CT molecular complexity index is 594. The first-order valence-electron chi connectivity index (χ1n) is 9.70. The van der Waals surface area contributed by atoms with E-state index in [9.17, 15) is 4.79 Å². The fraction of sp³-hybridized carbons (Fsp3) is 0.571. The molecule has 0 N–H and O–H groups in total. The number of carbonyl (C=O) groups is 1. The Balaban J connectivity index is 1.46. The van der Waals surface area contributed by atoms with Crippen LogP contribution in [0.3, 0.4) is 0 Å². The first-order valence-corrected chi connectivity index (χ1v) is 9.70. The van der Waals surface area contributed by atoms with E-state index >= 15 is 0 Å². The number of nitrogens with zero attached hydrogens (tertiary/aromatic N) is 2. The van der Waals surface area contributed by atoms with Crippen LogP contribution in [-0.4, -0.2) is 35.4 Å². The largest absolute Gasteiger partial charge is 0.461 e. The molecule has 25 heavy (non-hydrogen) atoms. The summed E-state index contributed by atoms with van der Waals surface area (Å²) in [5, 5.41) is 0. The van der Waals surface area contributed by atoms with E-state index in [-0.39, 0.29) is 5.97 Å². The Morgan fingerprint density at radius 2 is 1.88 bits per heavy atom. The second-order valence-electron chi connectivity index (χ2n) is 7.05. The fourth-order valence-corrected chi connectivity index (χ4v) is 3.59. The normalized spacial score (nSPS) is 16.6. The van der Waals surface area contributed by atoms with Crippen LogP contribution < -0.4 is 0 Å². The van der Waals surface area contributed by atoms with Crippen molar-refractivity contribution in [2.24, 2.45) is 0 Å². The zero-order chi connectivity index (χ0) is 17.5. The lowest BCUT2D eigenvalue weighted by atomic mass is 10.1. The van der Waals surface area contributed by atoms with Gasteiger partial charge in [0.1, 0.15) is 12.4 Å². The number of esters is 1. The third-order valence-electron chi connectivity index (χ3n) is 5.01. The van der Waals surface area contributed by atoms with Crippen LogP contribution in [0.2, 0.25) is 0 Å². The summed E-state index contributed by atoms with van der Waals surface area (Å²) in [6.07, 6.45) is 8.46. The molecule has 1 aromatic carbocycles. The summed E-state index contributed by atoms with van der Waals surface area (Å²) >= 11 is 0. The Morgan fingerprint density at radius 1 is 1.08 bits per heavy atom. The van der Waals surface area contributed by atoms with Gasteiger partial charge in [0.15, 0.2) is 0 Å². The number of benzene rings is 1. The summed E-state index contributed by atoms with van der Waals surface area (Å²) in [6.45, 7) is 6.99. The van der Waals surface area contributed by atoms with E-state index in [2.05, 4.69) is 47.1 Å². The molecule has 0 bridgehead atoms. The molecule has 1 aromatic rings. The highest BCUT2D eigenvalue weighted by molar-refractivity contribution is 5.69. The minimum atomic E-state index is -0.0842. The first-order chi connectivity index (χ1) is 12.3. The highest BCUT2D eigenvalue weighted by Gasteiger charge is 2.24. The van der Waals surface area contributed by atoms with E-state index < -0.39 is 0 Å². The summed E-state index contributed by atoms with van der Waals surface area (Å²) in [5.41, 5.74) is 2.38. The van der Waals surface area contributed by atoms with Crippen LogP contribution in [0.1, 0.15) is 56.6 Å². The minimum absolute atomic E-state index is 0.0842. The molecule has 0 unspecified atom stereocenters. The van der Waals surface area contributed by atoms with Crippen LogP contribution in [0.15, 0.2) is 36.2 Å². The highest BCUT2D eigenvalue weighted by Crippen LogP contribution is 2.25. The average Bonchev–Trinajstić information content (AvgIpc) is 3.11. The smallest absolute Gasteiger partial charge is 0.306 e. The van der Waals surface area contributed by atoms with E-state index in [0.29, 0.717) is 13.0 Å². The van der Waals surface area contributed by atoms with Crippen LogP contribution in [0.25, 0.3) is 0 Å². The number of hydrogen-bond donors (Lipinski definition) is 0. The highest BCUT2D eigenvalue weighted by atomic mass is 16.5. The second kappa shape index (κ2) is 8.93. The van der Waals surface area contributed by atoms with Crippen molar-refractivity contribution in [3.05, 3.63) is 47.3 Å². The Kier molecular flexibility index (Phi) is 6.37. The molecule has 1 saturated heterocycles. The number of rotatable bonds is 8. The van der Waals surface area contributed by atoms with Crippen LogP contribution in [0, 0.1) is 0 Å². The zero-order valence-electron chi connectivity index (χ0n) is 15.4. The van der Waals surface area contributed by atoms with E-state index in [4.69, 9.17) is 4.74 Å². The first kappa shape index (κ1) is 17.8. The van der Waals surface area contributed by atoms with Gasteiger partial charge in [-0.3, -0.25) is 4.79 Å². The second-order valence-corrected chi connectivity index (χ2v) is 7.05. The maximum Gasteiger partial charge on any atom is 0.306 e. The van der Waals surface area contributed by atoms with Gasteiger partial charge in [-0.1, -0.05) is 44.0 Å². The number of hydrogen-bond acceptors (Lipinski definition) is 4. The van der Waals surface area contributed by atoms with Crippen molar-refractivity contribution >= 4 is 5.97 Å². The lowest BCUT2D eigenvalue weighted by Gasteiger charge is -2.38. The van der Waals surface area contributed by atoms with Gasteiger partial charge in [-0.15, -0.1) is 0 Å². The Hall–Kier alpha value is -1.97. The molecule has 0 spiro atoms. The standard InChI is InChI=1S/C21H30N2O2/c1-2-3-4-8-21(24)25-17-19-11-9-18(10-12-19)16-23-15-6-14-22-13-5-7-20(22)23/h7,9-12H,2-6,8,13-17H2,1H3. The van der Waals surface area contributed by atoms with Gasteiger partial charge in [-0.05, 0) is 36.5 Å². The maximum atomic E-state index is 11.7. The lowest BCUT2D eigenvalue weighted by molar-refractivity contribution is -0.145. The van der Waals surface area contributed by atoms with E-state index in [1.165, 1.54) is 37.3 Å². The van der Waals surface area contributed by atoms with E-state index in [1.807, 2.05) is 0 Å². The van der Waals surface area contributed by atoms with Gasteiger partial charge in [0, 0.05) is 32.6 Å². The molecule has 0 aromatic heterocycles. The van der Waals surface area contributed by atoms with Gasteiger partial charge in [0.2, 0.25) is 0 Å². The number of unbranched alkanes of at least 4 members (excludes halogenated alkanes) is 2. The van der Waals surface area contributed by atoms with Crippen molar-refractivity contribution in [2.45, 2.75) is 58.6 Å². The average molecular weight is 342 g/mol. The summed E-state index contributed by atoms with van der Waals surface area (Å²) < 4.78 is 5.36. The number of ether oxygens (including phenoxy) is 1. The number of fused-ring (bicyclic) bond motifs is 1. The predicted octanol–water partition coefficient (Wildman–Crippen LogP) is 4.06. The summed E-state index contributed by atoms with van der Waals surface area (Å²) in [4.78, 5) is 16.7. The summed E-state index contributed by atoms with van der Waals surface area (Å²) in [6, 6.07) is 8.49. The molecule has 0 amide bonds. The van der Waals surface area contributed by atoms with Crippen molar-refractivity contribution in [1.29, 1.82) is 0 Å². The summed E-state index contributed by atoms with van der Waals surface area (Å²) in [7, 11) is 0. The SMILES string of the molecule is CCCCCC(=O)OCc1ccc(CN2CCCN3CCC=C32)cc1. The van der Waals surface area contributed by atoms with Crippen molar-refractivity contribution in [2.75, 3.05) is 19.6 Å².